The number of likely N-dealkylation sites (tertiary alicyclic amines) is 1. The van der Waals surface area contributed by atoms with E-state index in [0.29, 0.717) is 41.4 Å². The van der Waals surface area contributed by atoms with Gasteiger partial charge in [-0.2, -0.15) is 4.98 Å². The summed E-state index contributed by atoms with van der Waals surface area (Å²) in [6.45, 7) is 6.95. The number of rotatable bonds is 8. The average molecular weight is 562 g/mol. The van der Waals surface area contributed by atoms with Crippen molar-refractivity contribution in [3.05, 3.63) is 65.3 Å². The topological polar surface area (TPSA) is 97.3 Å². The van der Waals surface area contributed by atoms with E-state index < -0.39 is 33.7 Å². The number of likely N-dealkylation sites (N-methyl/N-ethyl adjacent to an activating group) is 1. The number of aromatic nitrogens is 3. The van der Waals surface area contributed by atoms with Crippen molar-refractivity contribution >= 4 is 26.7 Å². The molecule has 0 saturated carbocycles. The van der Waals surface area contributed by atoms with E-state index in [-0.39, 0.29) is 29.1 Å². The van der Waals surface area contributed by atoms with Crippen LogP contribution in [0.25, 0.3) is 11.0 Å². The Kier molecular flexibility index (Phi) is 7.51. The van der Waals surface area contributed by atoms with Gasteiger partial charge in [-0.25, -0.2) is 31.6 Å². The number of fused-ring (bicyclic) bond motifs is 1. The van der Waals surface area contributed by atoms with E-state index in [9.17, 15) is 21.6 Å². The third-order valence-electron chi connectivity index (χ3n) is 7.25. The molecule has 208 valence electrons. The molecule has 1 aromatic carbocycles. The summed E-state index contributed by atoms with van der Waals surface area (Å²) < 4.78 is 72.1. The molecule has 1 N–H and O–H groups in total. The van der Waals surface area contributed by atoms with Crippen LogP contribution in [-0.2, 0) is 9.84 Å². The predicted molar refractivity (Wildman–Crippen MR) is 143 cm³/mol. The molecule has 3 aromatic rings. The van der Waals surface area contributed by atoms with Crippen molar-refractivity contribution in [1.29, 1.82) is 0 Å². The summed E-state index contributed by atoms with van der Waals surface area (Å²) in [6, 6.07) is 4.84. The number of pyridine rings is 1. The molecule has 4 heterocycles. The highest BCUT2D eigenvalue weighted by molar-refractivity contribution is 7.91. The van der Waals surface area contributed by atoms with Crippen molar-refractivity contribution in [1.82, 2.24) is 19.9 Å². The molecule has 0 amide bonds. The van der Waals surface area contributed by atoms with Crippen LogP contribution in [0.2, 0.25) is 0 Å². The number of ether oxygens (including phenoxy) is 1. The summed E-state index contributed by atoms with van der Waals surface area (Å²) in [5.41, 5.74) is 0.435. The number of benzene rings is 1. The summed E-state index contributed by atoms with van der Waals surface area (Å²) in [5, 5.41) is 3.66. The third kappa shape index (κ3) is 5.72. The Morgan fingerprint density at radius 1 is 1.15 bits per heavy atom. The number of halogens is 3. The van der Waals surface area contributed by atoms with Gasteiger partial charge in [0.05, 0.1) is 28.5 Å². The Morgan fingerprint density at radius 3 is 2.49 bits per heavy atom. The quantitative estimate of drug-likeness (QED) is 0.394. The molecule has 2 aliphatic heterocycles. The fourth-order valence-electron chi connectivity index (χ4n) is 5.12. The first-order chi connectivity index (χ1) is 18.5. The molecule has 0 bridgehead atoms. The molecule has 0 aliphatic carbocycles. The molecule has 0 spiro atoms. The molecular formula is C27H30F3N5O3S. The van der Waals surface area contributed by atoms with Crippen molar-refractivity contribution in [2.45, 2.75) is 44.3 Å². The second kappa shape index (κ2) is 10.7. The molecular weight excluding hydrogens is 531 g/mol. The molecule has 2 aromatic heterocycles. The van der Waals surface area contributed by atoms with Crippen molar-refractivity contribution in [3.8, 4) is 5.88 Å². The fraction of sp³-hybridized carbons (Fsp3) is 0.444. The lowest BCUT2D eigenvalue weighted by Crippen LogP contribution is -2.51. The summed E-state index contributed by atoms with van der Waals surface area (Å²) in [4.78, 5) is 15.9. The number of hydrogen-bond donors (Lipinski definition) is 1. The Balaban J connectivity index is 1.57. The van der Waals surface area contributed by atoms with Crippen molar-refractivity contribution in [2.75, 3.05) is 37.0 Å². The van der Waals surface area contributed by atoms with Crippen LogP contribution in [0.5, 0.6) is 5.88 Å². The van der Waals surface area contributed by atoms with E-state index in [4.69, 9.17) is 9.72 Å². The molecule has 8 nitrogen and oxygen atoms in total. The maximum absolute atomic E-state index is 15.0. The highest BCUT2D eigenvalue weighted by atomic mass is 32.2. The SMILES string of the molecule is C=C[C@@H](Nc1nc(C)nc2nc(OC3CN(C)C3)c(C3CCS(=O)(=O)CC3)cc12)c1cccc(C(F)F)c1F. The minimum atomic E-state index is -3.09. The van der Waals surface area contributed by atoms with E-state index in [1.165, 1.54) is 18.2 Å². The standard InChI is InChI=1S/C27H30F3N5O3S/c1-4-22(18-6-5-7-19(23(18)28)24(29)30)33-25-21-12-20(16-8-10-39(36,37)11-9-16)27(38-17-13-35(3)14-17)34-26(21)32-15(2)31-25/h4-7,12,16-17,22,24H,1,8-11,13-14H2,2-3H3,(H,31,32,33,34)/t22-/m1/s1. The molecule has 1 atom stereocenters. The minimum absolute atomic E-state index is 0.00643. The lowest BCUT2D eigenvalue weighted by Gasteiger charge is -2.36. The van der Waals surface area contributed by atoms with Gasteiger partial charge in [0.15, 0.2) is 5.65 Å². The van der Waals surface area contributed by atoms with Crippen molar-refractivity contribution < 1.29 is 26.3 Å². The van der Waals surface area contributed by atoms with Gasteiger partial charge < -0.3 is 10.1 Å². The van der Waals surface area contributed by atoms with Crippen LogP contribution in [0.15, 0.2) is 36.9 Å². The molecule has 0 radical (unpaired) electrons. The van der Waals surface area contributed by atoms with Crippen LogP contribution >= 0.6 is 0 Å². The van der Waals surface area contributed by atoms with E-state index in [1.54, 1.807) is 6.92 Å². The summed E-state index contributed by atoms with van der Waals surface area (Å²) >= 11 is 0. The molecule has 0 unspecified atom stereocenters. The summed E-state index contributed by atoms with van der Waals surface area (Å²) in [7, 11) is -1.09. The Bertz CT molecular complexity index is 1500. The van der Waals surface area contributed by atoms with Crippen LogP contribution in [0.1, 0.15) is 53.7 Å². The lowest BCUT2D eigenvalue weighted by atomic mass is 9.93. The zero-order chi connectivity index (χ0) is 27.9. The van der Waals surface area contributed by atoms with Crippen LogP contribution in [0.3, 0.4) is 0 Å². The summed E-state index contributed by atoms with van der Waals surface area (Å²) in [5.74, 6) is 0.199. The monoisotopic (exact) mass is 561 g/mol. The first-order valence-electron chi connectivity index (χ1n) is 12.7. The van der Waals surface area contributed by atoms with Crippen LogP contribution < -0.4 is 10.1 Å². The molecule has 5 rings (SSSR count). The number of hydrogen-bond acceptors (Lipinski definition) is 8. The number of nitrogens with one attached hydrogen (secondary N) is 1. The number of aryl methyl sites for hydroxylation is 1. The fourth-order valence-corrected chi connectivity index (χ4v) is 6.61. The van der Waals surface area contributed by atoms with E-state index in [2.05, 4.69) is 26.8 Å². The Hall–Kier alpha value is -3.25. The predicted octanol–water partition coefficient (Wildman–Crippen LogP) is 4.73. The van der Waals surface area contributed by atoms with Crippen LogP contribution in [-0.4, -0.2) is 66.0 Å². The first kappa shape index (κ1) is 27.3. The van der Waals surface area contributed by atoms with Crippen molar-refractivity contribution in [3.63, 3.8) is 0 Å². The average Bonchev–Trinajstić information content (AvgIpc) is 2.86. The molecule has 2 fully saturated rings. The van der Waals surface area contributed by atoms with Gasteiger partial charge in [0.1, 0.15) is 33.4 Å². The minimum Gasteiger partial charge on any atom is -0.471 e. The molecule has 2 saturated heterocycles. The number of alkyl halides is 2. The second-order valence-corrected chi connectivity index (χ2v) is 12.5. The number of anilines is 1. The number of nitrogens with zero attached hydrogens (tertiary/aromatic N) is 4. The number of sulfone groups is 1. The zero-order valence-electron chi connectivity index (χ0n) is 21.7. The van der Waals surface area contributed by atoms with Gasteiger partial charge in [0, 0.05) is 24.2 Å². The maximum Gasteiger partial charge on any atom is 0.266 e. The Labute approximate surface area is 225 Å². The zero-order valence-corrected chi connectivity index (χ0v) is 22.5. The highest BCUT2D eigenvalue weighted by Gasteiger charge is 2.32. The lowest BCUT2D eigenvalue weighted by molar-refractivity contribution is 0.0347. The van der Waals surface area contributed by atoms with E-state index in [0.717, 1.165) is 24.7 Å². The smallest absolute Gasteiger partial charge is 0.266 e. The van der Waals surface area contributed by atoms with Gasteiger partial charge in [-0.05, 0) is 38.8 Å². The van der Waals surface area contributed by atoms with Crippen LogP contribution in [0.4, 0.5) is 19.0 Å². The largest absolute Gasteiger partial charge is 0.471 e. The third-order valence-corrected chi connectivity index (χ3v) is 8.97. The molecule has 39 heavy (non-hydrogen) atoms. The second-order valence-electron chi connectivity index (χ2n) is 10.2. The van der Waals surface area contributed by atoms with Gasteiger partial charge >= 0.3 is 0 Å². The van der Waals surface area contributed by atoms with E-state index in [1.807, 2.05) is 13.1 Å². The van der Waals surface area contributed by atoms with Gasteiger partial charge in [0.2, 0.25) is 5.88 Å². The normalized spacial score (nSPS) is 19.1. The molecule has 2 aliphatic rings. The first-order valence-corrected chi connectivity index (χ1v) is 14.6. The van der Waals surface area contributed by atoms with Gasteiger partial charge in [-0.1, -0.05) is 24.3 Å². The van der Waals surface area contributed by atoms with Gasteiger partial charge in [0.25, 0.3) is 6.43 Å². The van der Waals surface area contributed by atoms with Gasteiger partial charge in [-0.15, -0.1) is 6.58 Å². The maximum atomic E-state index is 15.0. The van der Waals surface area contributed by atoms with E-state index >= 15 is 0 Å². The Morgan fingerprint density at radius 2 is 1.85 bits per heavy atom. The van der Waals surface area contributed by atoms with Gasteiger partial charge in [-0.3, -0.25) is 4.90 Å². The van der Waals surface area contributed by atoms with Crippen LogP contribution in [0, 0.1) is 12.7 Å². The highest BCUT2D eigenvalue weighted by Crippen LogP contribution is 2.38. The molecule has 12 heteroatoms. The van der Waals surface area contributed by atoms with Crippen molar-refractivity contribution in [2.24, 2.45) is 0 Å². The summed E-state index contributed by atoms with van der Waals surface area (Å²) in [6.07, 6.45) is -0.707.